The second-order valence-electron chi connectivity index (χ2n) is 5.81. The second-order valence-corrected chi connectivity index (χ2v) is 5.81. The Morgan fingerprint density at radius 1 is 1.26 bits per heavy atom. The number of para-hydroxylation sites is 1. The maximum Gasteiger partial charge on any atom is 0.451 e. The number of fused-ring (bicyclic) bond motifs is 1. The number of aromatic nitrogens is 4. The monoisotopic (exact) mass is 380 g/mol. The molecule has 2 amide bonds. The highest BCUT2D eigenvalue weighted by Gasteiger charge is 2.35. The molecule has 0 bridgehead atoms. The molecule has 11 heteroatoms. The lowest BCUT2D eigenvalue weighted by Gasteiger charge is -2.16. The summed E-state index contributed by atoms with van der Waals surface area (Å²) in [6, 6.07) is 6.38. The largest absolute Gasteiger partial charge is 0.451 e. The number of aromatic amines is 2. The Morgan fingerprint density at radius 3 is 2.67 bits per heavy atom. The number of benzene rings is 1. The Balaban J connectivity index is 1.78. The fraction of sp³-hybridized carbons (Fsp3) is 0.250. The molecule has 27 heavy (non-hydrogen) atoms. The number of rotatable bonds is 5. The number of H-pyrrole nitrogens is 2. The third kappa shape index (κ3) is 4.25. The van der Waals surface area contributed by atoms with Crippen molar-refractivity contribution in [2.45, 2.75) is 25.6 Å². The van der Waals surface area contributed by atoms with E-state index in [2.05, 4.69) is 25.7 Å². The summed E-state index contributed by atoms with van der Waals surface area (Å²) in [5.74, 6) is -3.05. The van der Waals surface area contributed by atoms with Gasteiger partial charge in [0, 0.05) is 30.4 Å². The number of hydrogen-bond donors (Lipinski definition) is 4. The van der Waals surface area contributed by atoms with Gasteiger partial charge in [-0.1, -0.05) is 18.2 Å². The molecular weight excluding hydrogens is 365 g/mol. The van der Waals surface area contributed by atoms with Crippen LogP contribution in [0.4, 0.5) is 19.1 Å². The highest BCUT2D eigenvalue weighted by molar-refractivity contribution is 5.96. The average Bonchev–Trinajstić information content (AvgIpc) is 3.21. The molecule has 4 N–H and O–H groups in total. The molecule has 3 rings (SSSR count). The van der Waals surface area contributed by atoms with Crippen molar-refractivity contribution >= 4 is 28.7 Å². The van der Waals surface area contributed by atoms with Crippen LogP contribution in [0.1, 0.15) is 18.3 Å². The maximum absolute atomic E-state index is 12.6. The Hall–Kier alpha value is -3.37. The molecule has 2 heterocycles. The number of nitrogens with zero attached hydrogens (tertiary/aromatic N) is 2. The highest BCUT2D eigenvalue weighted by atomic mass is 19.4. The van der Waals surface area contributed by atoms with Crippen LogP contribution in [0.2, 0.25) is 0 Å². The van der Waals surface area contributed by atoms with Crippen LogP contribution in [0.25, 0.3) is 10.9 Å². The summed E-state index contributed by atoms with van der Waals surface area (Å²) in [6.07, 6.45) is -2.87. The lowest BCUT2D eigenvalue weighted by molar-refractivity contribution is -0.144. The first-order valence-corrected chi connectivity index (χ1v) is 7.86. The summed E-state index contributed by atoms with van der Waals surface area (Å²) >= 11 is 0. The van der Waals surface area contributed by atoms with Crippen molar-refractivity contribution in [3.63, 3.8) is 0 Å². The van der Waals surface area contributed by atoms with Gasteiger partial charge < -0.3 is 10.3 Å². The number of alkyl halides is 3. The van der Waals surface area contributed by atoms with Gasteiger partial charge in [0.1, 0.15) is 6.04 Å². The van der Waals surface area contributed by atoms with Gasteiger partial charge in [0.15, 0.2) is 0 Å². The molecule has 142 valence electrons. The number of halogens is 3. The summed E-state index contributed by atoms with van der Waals surface area (Å²) in [5.41, 5.74) is 1.63. The van der Waals surface area contributed by atoms with Crippen molar-refractivity contribution in [2.75, 3.05) is 5.32 Å². The fourth-order valence-electron chi connectivity index (χ4n) is 2.62. The molecule has 0 saturated heterocycles. The SMILES string of the molecule is CC(=O)NC(Cc1c[nH]c2ccccc12)C(=O)Nc1n[nH]c(C(F)(F)F)n1. The predicted octanol–water partition coefficient (Wildman–Crippen LogP) is 1.99. The molecule has 1 unspecified atom stereocenters. The van der Waals surface area contributed by atoms with Gasteiger partial charge in [-0.25, -0.2) is 0 Å². The highest BCUT2D eigenvalue weighted by Crippen LogP contribution is 2.26. The van der Waals surface area contributed by atoms with Gasteiger partial charge in [-0.3, -0.25) is 20.0 Å². The number of amides is 2. The molecule has 0 aliphatic carbocycles. The van der Waals surface area contributed by atoms with Crippen LogP contribution < -0.4 is 10.6 Å². The lowest BCUT2D eigenvalue weighted by atomic mass is 10.0. The van der Waals surface area contributed by atoms with Crippen molar-refractivity contribution in [1.82, 2.24) is 25.5 Å². The van der Waals surface area contributed by atoms with Crippen molar-refractivity contribution < 1.29 is 22.8 Å². The van der Waals surface area contributed by atoms with Crippen LogP contribution >= 0.6 is 0 Å². The van der Waals surface area contributed by atoms with Gasteiger partial charge in [0.25, 0.3) is 0 Å². The third-order valence-corrected chi connectivity index (χ3v) is 3.78. The first-order chi connectivity index (χ1) is 12.7. The quantitative estimate of drug-likeness (QED) is 0.542. The van der Waals surface area contributed by atoms with E-state index in [-0.39, 0.29) is 6.42 Å². The van der Waals surface area contributed by atoms with E-state index in [0.717, 1.165) is 16.5 Å². The number of nitrogens with one attached hydrogen (secondary N) is 4. The smallest absolute Gasteiger partial charge is 0.361 e. The standard InChI is InChI=1S/C16H15F3N6O2/c1-8(26)21-12(6-9-7-20-11-5-3-2-4-10(9)11)13(27)22-15-23-14(24-25-15)16(17,18)19/h2-5,7,12,20H,6H2,1H3,(H,21,26)(H2,22,23,24,25,27). The molecule has 1 aromatic carbocycles. The minimum atomic E-state index is -4.71. The minimum absolute atomic E-state index is 0.131. The third-order valence-electron chi connectivity index (χ3n) is 3.78. The molecular formula is C16H15F3N6O2. The Kier molecular flexibility index (Phi) is 4.84. The van der Waals surface area contributed by atoms with Crippen molar-refractivity contribution in [3.05, 3.63) is 41.9 Å². The molecule has 0 saturated carbocycles. The second kappa shape index (κ2) is 7.09. The molecule has 0 aliphatic heterocycles. The van der Waals surface area contributed by atoms with Crippen LogP contribution in [-0.4, -0.2) is 38.0 Å². The van der Waals surface area contributed by atoms with Gasteiger partial charge in [0.2, 0.25) is 23.6 Å². The van der Waals surface area contributed by atoms with Gasteiger partial charge >= 0.3 is 6.18 Å². The summed E-state index contributed by atoms with van der Waals surface area (Å²) < 4.78 is 37.7. The summed E-state index contributed by atoms with van der Waals surface area (Å²) in [5, 5.41) is 10.6. The zero-order chi connectivity index (χ0) is 19.6. The van der Waals surface area contributed by atoms with E-state index in [4.69, 9.17) is 0 Å². The van der Waals surface area contributed by atoms with E-state index >= 15 is 0 Å². The number of anilines is 1. The lowest BCUT2D eigenvalue weighted by Crippen LogP contribution is -2.44. The van der Waals surface area contributed by atoms with Crippen LogP contribution in [0.3, 0.4) is 0 Å². The van der Waals surface area contributed by atoms with Crippen LogP contribution in [0.5, 0.6) is 0 Å². The molecule has 0 spiro atoms. The minimum Gasteiger partial charge on any atom is -0.361 e. The normalized spacial score (nSPS) is 12.7. The molecule has 0 aliphatic rings. The van der Waals surface area contributed by atoms with Crippen molar-refractivity contribution in [3.8, 4) is 0 Å². The van der Waals surface area contributed by atoms with Crippen LogP contribution in [0, 0.1) is 0 Å². The molecule has 0 fully saturated rings. The average molecular weight is 380 g/mol. The Bertz CT molecular complexity index is 978. The first kappa shape index (κ1) is 18.4. The van der Waals surface area contributed by atoms with Crippen LogP contribution in [-0.2, 0) is 22.2 Å². The first-order valence-electron chi connectivity index (χ1n) is 7.86. The molecule has 2 aromatic heterocycles. The molecule has 1 atom stereocenters. The molecule has 3 aromatic rings. The fourth-order valence-corrected chi connectivity index (χ4v) is 2.62. The van der Waals surface area contributed by atoms with Gasteiger partial charge in [0.05, 0.1) is 0 Å². The van der Waals surface area contributed by atoms with Gasteiger partial charge in [-0.15, -0.1) is 5.10 Å². The van der Waals surface area contributed by atoms with E-state index in [0.29, 0.717) is 0 Å². The van der Waals surface area contributed by atoms with Crippen molar-refractivity contribution in [2.24, 2.45) is 0 Å². The Labute approximate surface area is 150 Å². The van der Waals surface area contributed by atoms with Crippen molar-refractivity contribution in [1.29, 1.82) is 0 Å². The predicted molar refractivity (Wildman–Crippen MR) is 89.6 cm³/mol. The summed E-state index contributed by atoms with van der Waals surface area (Å²) in [7, 11) is 0. The number of carbonyl (C=O) groups excluding carboxylic acids is 2. The zero-order valence-corrected chi connectivity index (χ0v) is 14.0. The van der Waals surface area contributed by atoms with E-state index in [9.17, 15) is 22.8 Å². The molecule has 8 nitrogen and oxygen atoms in total. The van der Waals surface area contributed by atoms with E-state index in [1.165, 1.54) is 6.92 Å². The number of hydrogen-bond acceptors (Lipinski definition) is 4. The summed E-state index contributed by atoms with van der Waals surface area (Å²) in [6.45, 7) is 1.24. The topological polar surface area (TPSA) is 116 Å². The van der Waals surface area contributed by atoms with E-state index in [1.54, 1.807) is 11.3 Å². The number of carbonyl (C=O) groups is 2. The van der Waals surface area contributed by atoms with Gasteiger partial charge in [-0.2, -0.15) is 18.2 Å². The van der Waals surface area contributed by atoms with E-state index in [1.807, 2.05) is 24.3 Å². The maximum atomic E-state index is 12.6. The van der Waals surface area contributed by atoms with Crippen LogP contribution in [0.15, 0.2) is 30.5 Å². The summed E-state index contributed by atoms with van der Waals surface area (Å²) in [4.78, 5) is 30.2. The van der Waals surface area contributed by atoms with Gasteiger partial charge in [-0.05, 0) is 11.6 Å². The molecule has 0 radical (unpaired) electrons. The Morgan fingerprint density at radius 2 is 2.00 bits per heavy atom. The zero-order valence-electron chi connectivity index (χ0n) is 14.0. The van der Waals surface area contributed by atoms with E-state index < -0.39 is 35.8 Å².